The molecule has 0 aromatic carbocycles. The number of aliphatic hydroxyl groups excluding tert-OH is 1. The molecular formula is C12H19ClN2OS. The summed E-state index contributed by atoms with van der Waals surface area (Å²) in [5.74, 6) is 2.20. The van der Waals surface area contributed by atoms with Crippen molar-refractivity contribution in [3.05, 3.63) is 16.4 Å². The number of aromatic nitrogens is 2. The number of thioether (sulfide) groups is 1. The van der Waals surface area contributed by atoms with Gasteiger partial charge >= 0.3 is 0 Å². The number of aliphatic hydroxyl groups is 1. The molecule has 3 nitrogen and oxygen atoms in total. The van der Waals surface area contributed by atoms with Crippen molar-refractivity contribution in [3.63, 3.8) is 0 Å². The molecule has 5 heteroatoms. The zero-order valence-electron chi connectivity index (χ0n) is 10.3. The lowest BCUT2D eigenvalue weighted by Crippen LogP contribution is -2.21. The van der Waals surface area contributed by atoms with E-state index in [9.17, 15) is 5.11 Å². The maximum absolute atomic E-state index is 9.88. The molecule has 96 valence electrons. The summed E-state index contributed by atoms with van der Waals surface area (Å²) >= 11 is 8.18. The lowest BCUT2D eigenvalue weighted by atomic mass is 10.00. The van der Waals surface area contributed by atoms with Gasteiger partial charge in [0.05, 0.1) is 22.5 Å². The average Bonchev–Trinajstić information content (AvgIpc) is 2.86. The van der Waals surface area contributed by atoms with Gasteiger partial charge in [0.15, 0.2) is 0 Å². The van der Waals surface area contributed by atoms with Gasteiger partial charge in [-0.05, 0) is 25.5 Å². The molecule has 17 heavy (non-hydrogen) atoms. The van der Waals surface area contributed by atoms with E-state index >= 15 is 0 Å². The predicted molar refractivity (Wildman–Crippen MR) is 72.8 cm³/mol. The molecule has 2 atom stereocenters. The molecule has 1 aliphatic rings. The quantitative estimate of drug-likeness (QED) is 0.916. The van der Waals surface area contributed by atoms with E-state index in [1.165, 1.54) is 0 Å². The molecule has 0 aliphatic carbocycles. The highest BCUT2D eigenvalue weighted by molar-refractivity contribution is 7.99. The van der Waals surface area contributed by atoms with E-state index in [0.717, 1.165) is 47.3 Å². The fourth-order valence-corrected chi connectivity index (χ4v) is 3.88. The zero-order chi connectivity index (χ0) is 12.4. The third-order valence-electron chi connectivity index (χ3n) is 3.31. The smallest absolute Gasteiger partial charge is 0.0849 e. The lowest BCUT2D eigenvalue weighted by molar-refractivity contribution is 0.148. The summed E-state index contributed by atoms with van der Waals surface area (Å²) < 4.78 is 1.98. The van der Waals surface area contributed by atoms with Gasteiger partial charge in [-0.2, -0.15) is 16.9 Å². The maximum atomic E-state index is 9.88. The Morgan fingerprint density at radius 2 is 2.24 bits per heavy atom. The monoisotopic (exact) mass is 274 g/mol. The van der Waals surface area contributed by atoms with Crippen molar-refractivity contribution in [2.45, 2.75) is 39.3 Å². The molecule has 1 saturated heterocycles. The van der Waals surface area contributed by atoms with Gasteiger partial charge in [0.1, 0.15) is 0 Å². The molecule has 0 amide bonds. The Labute approximate surface area is 112 Å². The Morgan fingerprint density at radius 1 is 1.47 bits per heavy atom. The molecule has 2 unspecified atom stereocenters. The Hall–Kier alpha value is -0.190. The first-order chi connectivity index (χ1) is 8.17. The van der Waals surface area contributed by atoms with E-state index in [1.54, 1.807) is 0 Å². The lowest BCUT2D eigenvalue weighted by Gasteiger charge is -2.14. The molecule has 2 heterocycles. The van der Waals surface area contributed by atoms with Gasteiger partial charge in [0.25, 0.3) is 0 Å². The van der Waals surface area contributed by atoms with E-state index in [2.05, 4.69) is 18.9 Å². The van der Waals surface area contributed by atoms with Gasteiger partial charge in [-0.1, -0.05) is 18.5 Å². The second kappa shape index (κ2) is 5.63. The van der Waals surface area contributed by atoms with Crippen molar-refractivity contribution < 1.29 is 5.11 Å². The second-order valence-corrected chi connectivity index (χ2v) is 5.90. The third kappa shape index (κ3) is 2.64. The van der Waals surface area contributed by atoms with Crippen molar-refractivity contribution in [1.29, 1.82) is 0 Å². The number of hydrogen-bond acceptors (Lipinski definition) is 3. The van der Waals surface area contributed by atoms with Crippen LogP contribution in [-0.2, 0) is 19.4 Å². The van der Waals surface area contributed by atoms with Crippen LogP contribution in [0.2, 0.25) is 5.02 Å². The molecule has 0 radical (unpaired) electrons. The van der Waals surface area contributed by atoms with Crippen LogP contribution in [0.4, 0.5) is 0 Å². The van der Waals surface area contributed by atoms with E-state index in [-0.39, 0.29) is 6.10 Å². The average molecular weight is 275 g/mol. The fourth-order valence-electron chi connectivity index (χ4n) is 2.24. The largest absolute Gasteiger partial charge is 0.392 e. The standard InChI is InChI=1S/C12H19ClN2OS/c1-3-9-12(13)10(15(4-2)14-9)5-8-6-17-7-11(8)16/h8,11,16H,3-7H2,1-2H3. The van der Waals surface area contributed by atoms with Gasteiger partial charge in [-0.15, -0.1) is 0 Å². The number of rotatable bonds is 4. The normalized spacial score (nSPS) is 24.5. The highest BCUT2D eigenvalue weighted by Crippen LogP contribution is 2.31. The Kier molecular flexibility index (Phi) is 4.39. The van der Waals surface area contributed by atoms with E-state index in [0.29, 0.717) is 5.92 Å². The molecule has 0 bridgehead atoms. The first kappa shape index (κ1) is 13.2. The molecule has 1 fully saturated rings. The van der Waals surface area contributed by atoms with Crippen LogP contribution < -0.4 is 0 Å². The molecular weight excluding hydrogens is 256 g/mol. The van der Waals surface area contributed by atoms with Crippen LogP contribution in [0.3, 0.4) is 0 Å². The summed E-state index contributed by atoms with van der Waals surface area (Å²) in [4.78, 5) is 0. The van der Waals surface area contributed by atoms with Gasteiger partial charge < -0.3 is 5.11 Å². The van der Waals surface area contributed by atoms with Crippen LogP contribution in [0.15, 0.2) is 0 Å². The van der Waals surface area contributed by atoms with Crippen LogP contribution in [0, 0.1) is 5.92 Å². The van der Waals surface area contributed by atoms with Gasteiger partial charge in [-0.3, -0.25) is 4.68 Å². The fraction of sp³-hybridized carbons (Fsp3) is 0.750. The Bertz CT molecular complexity index is 394. The summed E-state index contributed by atoms with van der Waals surface area (Å²) in [5, 5.41) is 15.2. The predicted octanol–water partition coefficient (Wildman–Crippen LogP) is 2.39. The molecule has 1 N–H and O–H groups in total. The van der Waals surface area contributed by atoms with Gasteiger partial charge in [0.2, 0.25) is 0 Å². The molecule has 0 saturated carbocycles. The molecule has 1 aromatic rings. The van der Waals surface area contributed by atoms with Gasteiger partial charge in [-0.25, -0.2) is 0 Å². The van der Waals surface area contributed by atoms with Crippen LogP contribution in [0.5, 0.6) is 0 Å². The summed E-state index contributed by atoms with van der Waals surface area (Å²) in [7, 11) is 0. The van der Waals surface area contributed by atoms with Crippen LogP contribution in [0.25, 0.3) is 0 Å². The SMILES string of the molecule is CCc1nn(CC)c(CC2CSCC2O)c1Cl. The summed E-state index contributed by atoms with van der Waals surface area (Å²) in [5.41, 5.74) is 2.07. The number of aryl methyl sites for hydroxylation is 2. The number of hydrogen-bond donors (Lipinski definition) is 1. The van der Waals surface area contributed by atoms with Gasteiger partial charge in [0, 0.05) is 18.2 Å². The highest BCUT2D eigenvalue weighted by Gasteiger charge is 2.28. The van der Waals surface area contributed by atoms with Crippen molar-refractivity contribution in [3.8, 4) is 0 Å². The third-order valence-corrected chi connectivity index (χ3v) is 4.99. The molecule has 1 aromatic heterocycles. The van der Waals surface area contributed by atoms with Crippen molar-refractivity contribution >= 4 is 23.4 Å². The van der Waals surface area contributed by atoms with Crippen molar-refractivity contribution in [1.82, 2.24) is 9.78 Å². The van der Waals surface area contributed by atoms with Crippen molar-refractivity contribution in [2.24, 2.45) is 5.92 Å². The van der Waals surface area contributed by atoms with Crippen molar-refractivity contribution in [2.75, 3.05) is 11.5 Å². The topological polar surface area (TPSA) is 38.0 Å². The Morgan fingerprint density at radius 3 is 2.76 bits per heavy atom. The molecule has 2 rings (SSSR count). The summed E-state index contributed by atoms with van der Waals surface area (Å²) in [6.07, 6.45) is 1.51. The number of halogens is 1. The minimum absolute atomic E-state index is 0.193. The minimum Gasteiger partial charge on any atom is -0.392 e. The molecule has 0 spiro atoms. The second-order valence-electron chi connectivity index (χ2n) is 4.45. The zero-order valence-corrected chi connectivity index (χ0v) is 11.9. The first-order valence-corrected chi connectivity index (χ1v) is 7.70. The first-order valence-electron chi connectivity index (χ1n) is 6.17. The van der Waals surface area contributed by atoms with E-state index in [1.807, 2.05) is 16.4 Å². The maximum Gasteiger partial charge on any atom is 0.0849 e. The van der Waals surface area contributed by atoms with E-state index < -0.39 is 0 Å². The number of nitrogens with zero attached hydrogens (tertiary/aromatic N) is 2. The summed E-state index contributed by atoms with van der Waals surface area (Å²) in [6.45, 7) is 4.98. The minimum atomic E-state index is -0.193. The molecule has 1 aliphatic heterocycles. The Balaban J connectivity index is 2.21. The summed E-state index contributed by atoms with van der Waals surface area (Å²) in [6, 6.07) is 0. The van der Waals surface area contributed by atoms with E-state index in [4.69, 9.17) is 11.6 Å². The van der Waals surface area contributed by atoms with Crippen LogP contribution in [-0.4, -0.2) is 32.5 Å². The highest BCUT2D eigenvalue weighted by atomic mass is 35.5. The van der Waals surface area contributed by atoms with Crippen LogP contribution >= 0.6 is 23.4 Å². The van der Waals surface area contributed by atoms with Crippen LogP contribution in [0.1, 0.15) is 25.2 Å².